The van der Waals surface area contributed by atoms with Gasteiger partial charge in [0.05, 0.1) is 19.3 Å². The van der Waals surface area contributed by atoms with Gasteiger partial charge in [-0.1, -0.05) is 5.16 Å². The first kappa shape index (κ1) is 17.0. The van der Waals surface area contributed by atoms with Crippen LogP contribution in [0.15, 0.2) is 27.6 Å². The molecule has 4 rings (SSSR count). The van der Waals surface area contributed by atoms with Crippen molar-refractivity contribution < 1.29 is 18.4 Å². The fraction of sp³-hybridized carbons (Fsp3) is 0.529. The molecule has 6 nitrogen and oxygen atoms in total. The zero-order valence-corrected chi connectivity index (χ0v) is 14.7. The highest BCUT2D eigenvalue weighted by atomic mass is 32.2. The third-order valence-electron chi connectivity index (χ3n) is 4.68. The highest BCUT2D eigenvalue weighted by molar-refractivity contribution is 7.98. The number of nitrogens with one attached hydrogen (secondary N) is 1. The molecule has 2 aromatic rings. The van der Waals surface area contributed by atoms with Crippen molar-refractivity contribution in [2.45, 2.75) is 17.6 Å². The van der Waals surface area contributed by atoms with Gasteiger partial charge in [0.25, 0.3) is 5.89 Å². The monoisotopic (exact) mass is 365 g/mol. The topological polar surface area (TPSA) is 69.4 Å². The molecule has 134 valence electrons. The number of thioether (sulfide) groups is 1. The van der Waals surface area contributed by atoms with Crippen LogP contribution in [0.25, 0.3) is 11.4 Å². The lowest BCUT2D eigenvalue weighted by molar-refractivity contribution is -0.133. The Kier molecular flexibility index (Phi) is 5.03. The lowest BCUT2D eigenvalue weighted by atomic mass is 9.86. The van der Waals surface area contributed by atoms with E-state index < -0.39 is 0 Å². The van der Waals surface area contributed by atoms with Gasteiger partial charge in [0.1, 0.15) is 12.4 Å². The first-order valence-electron chi connectivity index (χ1n) is 8.31. The SMILES string of the molecule is CSc1ccc(-c2noc(COC3C4CNCC3COC4)n2)cc1F. The van der Waals surface area contributed by atoms with E-state index in [2.05, 4.69) is 15.5 Å². The summed E-state index contributed by atoms with van der Waals surface area (Å²) >= 11 is 1.36. The molecule has 0 spiro atoms. The quantitative estimate of drug-likeness (QED) is 0.816. The first-order chi connectivity index (χ1) is 12.2. The Labute approximate surface area is 149 Å². The van der Waals surface area contributed by atoms with Gasteiger partial charge >= 0.3 is 0 Å². The van der Waals surface area contributed by atoms with Gasteiger partial charge < -0.3 is 19.3 Å². The summed E-state index contributed by atoms with van der Waals surface area (Å²) in [5.74, 6) is 1.20. The fourth-order valence-electron chi connectivity index (χ4n) is 3.43. The van der Waals surface area contributed by atoms with E-state index in [4.69, 9.17) is 14.0 Å². The average molecular weight is 365 g/mol. The van der Waals surface area contributed by atoms with E-state index in [1.54, 1.807) is 12.1 Å². The van der Waals surface area contributed by atoms with Crippen LogP contribution in [-0.2, 0) is 16.1 Å². The normalized spacial score (nSPS) is 25.9. The second-order valence-corrected chi connectivity index (χ2v) is 7.20. The molecule has 1 aromatic carbocycles. The van der Waals surface area contributed by atoms with E-state index in [9.17, 15) is 4.39 Å². The summed E-state index contributed by atoms with van der Waals surface area (Å²) in [5, 5.41) is 7.35. The number of piperidine rings is 1. The largest absolute Gasteiger partial charge is 0.381 e. The summed E-state index contributed by atoms with van der Waals surface area (Å²) in [6.45, 7) is 3.49. The van der Waals surface area contributed by atoms with Crippen LogP contribution in [0.2, 0.25) is 0 Å². The maximum atomic E-state index is 13.9. The van der Waals surface area contributed by atoms with E-state index in [0.717, 1.165) is 13.1 Å². The number of hydrogen-bond donors (Lipinski definition) is 1. The molecular formula is C17H20FN3O3S. The lowest BCUT2D eigenvalue weighted by Gasteiger charge is -2.42. The van der Waals surface area contributed by atoms with E-state index in [1.165, 1.54) is 17.8 Å². The summed E-state index contributed by atoms with van der Waals surface area (Å²) in [6, 6.07) is 4.94. The Hall–Kier alpha value is -1.48. The molecule has 2 saturated heterocycles. The van der Waals surface area contributed by atoms with E-state index in [0.29, 0.717) is 47.2 Å². The fourth-order valence-corrected chi connectivity index (χ4v) is 3.88. The van der Waals surface area contributed by atoms with Gasteiger partial charge in [-0.05, 0) is 24.5 Å². The van der Waals surface area contributed by atoms with E-state index in [-0.39, 0.29) is 18.5 Å². The minimum Gasteiger partial charge on any atom is -0.381 e. The van der Waals surface area contributed by atoms with E-state index >= 15 is 0 Å². The number of rotatable bonds is 5. The van der Waals surface area contributed by atoms with Crippen LogP contribution in [0.4, 0.5) is 4.39 Å². The van der Waals surface area contributed by atoms with Crippen LogP contribution >= 0.6 is 11.8 Å². The molecule has 2 fully saturated rings. The molecule has 0 amide bonds. The van der Waals surface area contributed by atoms with Gasteiger partial charge in [-0.25, -0.2) is 4.39 Å². The van der Waals surface area contributed by atoms with Gasteiger partial charge in [-0.15, -0.1) is 11.8 Å². The van der Waals surface area contributed by atoms with Crippen molar-refractivity contribution in [1.29, 1.82) is 0 Å². The minimum atomic E-state index is -0.282. The summed E-state index contributed by atoms with van der Waals surface area (Å²) in [4.78, 5) is 4.93. The number of benzene rings is 1. The third-order valence-corrected chi connectivity index (χ3v) is 5.45. The van der Waals surface area contributed by atoms with Crippen LogP contribution < -0.4 is 5.32 Å². The molecule has 0 saturated carbocycles. The summed E-state index contributed by atoms with van der Waals surface area (Å²) in [7, 11) is 0. The zero-order chi connectivity index (χ0) is 17.2. The maximum Gasteiger partial charge on any atom is 0.252 e. The Morgan fingerprint density at radius 1 is 1.32 bits per heavy atom. The third kappa shape index (κ3) is 3.57. The van der Waals surface area contributed by atoms with Gasteiger partial charge in [-0.2, -0.15) is 4.98 Å². The van der Waals surface area contributed by atoms with Crippen molar-refractivity contribution in [3.63, 3.8) is 0 Å². The number of halogens is 1. The average Bonchev–Trinajstić information content (AvgIpc) is 3.08. The first-order valence-corrected chi connectivity index (χ1v) is 9.53. The molecule has 2 aliphatic rings. The second kappa shape index (κ2) is 7.41. The number of fused-ring (bicyclic) bond motifs is 2. The molecule has 2 unspecified atom stereocenters. The summed E-state index contributed by atoms with van der Waals surface area (Å²) < 4.78 is 30.8. The van der Waals surface area contributed by atoms with Crippen LogP contribution in [0.3, 0.4) is 0 Å². The van der Waals surface area contributed by atoms with Crippen molar-refractivity contribution in [3.05, 3.63) is 29.9 Å². The van der Waals surface area contributed by atoms with Gasteiger partial charge in [0.2, 0.25) is 5.82 Å². The molecule has 1 N–H and O–H groups in total. The standard InChI is InChI=1S/C17H20FN3O3S/c1-25-14-3-2-10(4-13(14)18)17-20-15(24-21-17)9-23-16-11-5-19-6-12(16)8-22-7-11/h2-4,11-12,16,19H,5-9H2,1H3. The highest BCUT2D eigenvalue weighted by Crippen LogP contribution is 2.28. The molecule has 25 heavy (non-hydrogen) atoms. The highest BCUT2D eigenvalue weighted by Gasteiger charge is 2.38. The Bertz CT molecular complexity index is 720. The Balaban J connectivity index is 1.42. The molecule has 3 heterocycles. The maximum absolute atomic E-state index is 13.9. The van der Waals surface area contributed by atoms with Gasteiger partial charge in [0.15, 0.2) is 0 Å². The predicted octanol–water partition coefficient (Wildman–Crippen LogP) is 2.35. The number of hydrogen-bond acceptors (Lipinski definition) is 7. The van der Waals surface area contributed by atoms with Crippen molar-refractivity contribution in [3.8, 4) is 11.4 Å². The zero-order valence-electron chi connectivity index (χ0n) is 13.9. The molecule has 1 aromatic heterocycles. The van der Waals surface area contributed by atoms with Crippen molar-refractivity contribution in [2.75, 3.05) is 32.6 Å². The summed E-state index contributed by atoms with van der Waals surface area (Å²) in [5.41, 5.74) is 0.595. The lowest BCUT2D eigenvalue weighted by Crippen LogP contribution is -2.54. The van der Waals surface area contributed by atoms with Gasteiger partial charge in [0, 0.05) is 35.4 Å². The molecule has 0 aliphatic carbocycles. The molecule has 0 radical (unpaired) electrons. The molecule has 2 aliphatic heterocycles. The molecule has 8 heteroatoms. The number of nitrogens with zero attached hydrogens (tertiary/aromatic N) is 2. The smallest absolute Gasteiger partial charge is 0.252 e. The number of ether oxygens (including phenoxy) is 2. The molecular weight excluding hydrogens is 345 g/mol. The molecule has 2 bridgehead atoms. The molecule has 2 atom stereocenters. The number of aromatic nitrogens is 2. The van der Waals surface area contributed by atoms with Crippen molar-refractivity contribution >= 4 is 11.8 Å². The Morgan fingerprint density at radius 2 is 2.12 bits per heavy atom. The van der Waals surface area contributed by atoms with Crippen LogP contribution in [0, 0.1) is 17.7 Å². The van der Waals surface area contributed by atoms with Crippen LogP contribution in [-0.4, -0.2) is 48.8 Å². The van der Waals surface area contributed by atoms with Crippen LogP contribution in [0.1, 0.15) is 5.89 Å². The van der Waals surface area contributed by atoms with Crippen molar-refractivity contribution in [1.82, 2.24) is 15.5 Å². The summed E-state index contributed by atoms with van der Waals surface area (Å²) in [6.07, 6.45) is 1.98. The van der Waals surface area contributed by atoms with Crippen LogP contribution in [0.5, 0.6) is 0 Å². The Morgan fingerprint density at radius 3 is 2.84 bits per heavy atom. The van der Waals surface area contributed by atoms with Crippen molar-refractivity contribution in [2.24, 2.45) is 11.8 Å². The second-order valence-electron chi connectivity index (χ2n) is 6.35. The predicted molar refractivity (Wildman–Crippen MR) is 90.7 cm³/mol. The minimum absolute atomic E-state index is 0.142. The van der Waals surface area contributed by atoms with E-state index in [1.807, 2.05) is 6.26 Å². The van der Waals surface area contributed by atoms with Gasteiger partial charge in [-0.3, -0.25) is 0 Å².